The third kappa shape index (κ3) is 5.94. The molecule has 2 N–H and O–H groups in total. The molecule has 1 amide bonds. The quantitative estimate of drug-likeness (QED) is 0.403. The highest BCUT2D eigenvalue weighted by atomic mass is 16.5. The molecule has 0 radical (unpaired) electrons. The van der Waals surface area contributed by atoms with Crippen LogP contribution in [0.1, 0.15) is 33.1 Å². The summed E-state index contributed by atoms with van der Waals surface area (Å²) in [6, 6.07) is 0.256. The molecule has 0 spiro atoms. The number of aliphatic imine (C=N–C) groups is 1. The number of ether oxygens (including phenoxy) is 2. The van der Waals surface area contributed by atoms with Gasteiger partial charge in [0.1, 0.15) is 0 Å². The maximum atomic E-state index is 12.0. The lowest BCUT2D eigenvalue weighted by Gasteiger charge is -2.20. The average Bonchev–Trinajstić information content (AvgIpc) is 3.24. The molecule has 2 unspecified atom stereocenters. The number of likely N-dealkylation sites (tertiary alicyclic amines) is 1. The predicted molar refractivity (Wildman–Crippen MR) is 94.1 cm³/mol. The lowest BCUT2D eigenvalue weighted by atomic mass is 10.2. The zero-order chi connectivity index (χ0) is 17.4. The van der Waals surface area contributed by atoms with Gasteiger partial charge >= 0.3 is 0 Å². The number of hydrogen-bond acceptors (Lipinski definition) is 4. The summed E-state index contributed by atoms with van der Waals surface area (Å²) in [7, 11) is 1.76. The van der Waals surface area contributed by atoms with Crippen LogP contribution in [-0.2, 0) is 14.3 Å². The molecule has 7 nitrogen and oxygen atoms in total. The fourth-order valence-corrected chi connectivity index (χ4v) is 3.06. The van der Waals surface area contributed by atoms with Gasteiger partial charge in [-0.15, -0.1) is 0 Å². The van der Waals surface area contributed by atoms with Crippen LogP contribution >= 0.6 is 0 Å². The highest BCUT2D eigenvalue weighted by Crippen LogP contribution is 2.13. The Morgan fingerprint density at radius 3 is 2.92 bits per heavy atom. The van der Waals surface area contributed by atoms with Crippen molar-refractivity contribution in [2.75, 3.05) is 46.5 Å². The first kappa shape index (κ1) is 19.0. The van der Waals surface area contributed by atoms with Crippen molar-refractivity contribution < 1.29 is 14.3 Å². The van der Waals surface area contributed by atoms with Crippen LogP contribution < -0.4 is 10.6 Å². The van der Waals surface area contributed by atoms with Crippen molar-refractivity contribution in [2.24, 2.45) is 10.9 Å². The van der Waals surface area contributed by atoms with Crippen molar-refractivity contribution in [3.05, 3.63) is 0 Å². The normalized spacial score (nSPS) is 24.7. The van der Waals surface area contributed by atoms with Gasteiger partial charge in [0.25, 0.3) is 0 Å². The first-order valence-corrected chi connectivity index (χ1v) is 9.05. The number of guanidine groups is 1. The SMILES string of the molecule is CN=C(NCCOCC1CCCO1)NC1CCN(C(=O)C(C)C)C1. The number of carbonyl (C=O) groups is 1. The zero-order valence-corrected chi connectivity index (χ0v) is 15.2. The van der Waals surface area contributed by atoms with E-state index in [1.54, 1.807) is 7.05 Å². The third-order valence-electron chi connectivity index (χ3n) is 4.42. The van der Waals surface area contributed by atoms with Crippen LogP contribution in [0.3, 0.4) is 0 Å². The largest absolute Gasteiger partial charge is 0.377 e. The minimum Gasteiger partial charge on any atom is -0.377 e. The Kier molecular flexibility index (Phi) is 7.78. The Morgan fingerprint density at radius 2 is 2.25 bits per heavy atom. The third-order valence-corrected chi connectivity index (χ3v) is 4.42. The summed E-state index contributed by atoms with van der Waals surface area (Å²) < 4.78 is 11.2. The molecule has 0 saturated carbocycles. The van der Waals surface area contributed by atoms with E-state index in [1.807, 2.05) is 18.7 Å². The summed E-state index contributed by atoms with van der Waals surface area (Å²) in [4.78, 5) is 18.2. The Labute approximate surface area is 145 Å². The van der Waals surface area contributed by atoms with Crippen LogP contribution in [0.4, 0.5) is 0 Å². The lowest BCUT2D eigenvalue weighted by molar-refractivity contribution is -0.133. The smallest absolute Gasteiger partial charge is 0.225 e. The molecule has 2 heterocycles. The Hall–Kier alpha value is -1.34. The van der Waals surface area contributed by atoms with E-state index in [1.165, 1.54) is 0 Å². The van der Waals surface area contributed by atoms with Crippen LogP contribution in [0.25, 0.3) is 0 Å². The second-order valence-corrected chi connectivity index (χ2v) is 6.78. The van der Waals surface area contributed by atoms with Crippen LogP contribution in [0.15, 0.2) is 4.99 Å². The molecule has 2 rings (SSSR count). The Morgan fingerprint density at radius 1 is 1.42 bits per heavy atom. The summed E-state index contributed by atoms with van der Waals surface area (Å²) in [5.74, 6) is 1.05. The van der Waals surface area contributed by atoms with Crippen molar-refractivity contribution in [1.82, 2.24) is 15.5 Å². The van der Waals surface area contributed by atoms with Crippen LogP contribution in [0.5, 0.6) is 0 Å². The number of hydrogen-bond donors (Lipinski definition) is 2. The van der Waals surface area contributed by atoms with E-state index in [9.17, 15) is 4.79 Å². The molecular formula is C17H32N4O3. The van der Waals surface area contributed by atoms with Crippen molar-refractivity contribution in [1.29, 1.82) is 0 Å². The van der Waals surface area contributed by atoms with Gasteiger partial charge in [-0.3, -0.25) is 9.79 Å². The first-order chi connectivity index (χ1) is 11.6. The summed E-state index contributed by atoms with van der Waals surface area (Å²) in [6.07, 6.45) is 3.46. The molecule has 2 aliphatic rings. The van der Waals surface area contributed by atoms with Gasteiger partial charge in [0.15, 0.2) is 5.96 Å². The number of nitrogens with zero attached hydrogens (tertiary/aromatic N) is 2. The van der Waals surface area contributed by atoms with Crippen LogP contribution in [0.2, 0.25) is 0 Å². The van der Waals surface area contributed by atoms with Gasteiger partial charge in [-0.05, 0) is 19.3 Å². The van der Waals surface area contributed by atoms with E-state index in [4.69, 9.17) is 9.47 Å². The van der Waals surface area contributed by atoms with E-state index in [0.717, 1.165) is 44.9 Å². The van der Waals surface area contributed by atoms with Gasteiger partial charge in [0.2, 0.25) is 5.91 Å². The molecule has 0 bridgehead atoms. The van der Waals surface area contributed by atoms with Gasteiger partial charge in [-0.1, -0.05) is 13.8 Å². The fraction of sp³-hybridized carbons (Fsp3) is 0.882. The maximum absolute atomic E-state index is 12.0. The topological polar surface area (TPSA) is 75.2 Å². The molecule has 0 aliphatic carbocycles. The number of carbonyl (C=O) groups excluding carboxylic acids is 1. The Bertz CT molecular complexity index is 422. The Balaban J connectivity index is 1.59. The van der Waals surface area contributed by atoms with E-state index in [2.05, 4.69) is 15.6 Å². The molecular weight excluding hydrogens is 308 g/mol. The number of nitrogens with one attached hydrogen (secondary N) is 2. The van der Waals surface area contributed by atoms with Crippen LogP contribution in [0, 0.1) is 5.92 Å². The minimum atomic E-state index is 0.0576. The molecule has 2 atom stereocenters. The first-order valence-electron chi connectivity index (χ1n) is 9.05. The van der Waals surface area contributed by atoms with Crippen molar-refractivity contribution in [3.8, 4) is 0 Å². The summed E-state index contributed by atoms with van der Waals surface area (Å²) in [5, 5.41) is 6.64. The molecule has 7 heteroatoms. The average molecular weight is 340 g/mol. The van der Waals surface area contributed by atoms with Crippen molar-refractivity contribution in [3.63, 3.8) is 0 Å². The number of rotatable bonds is 7. The number of amides is 1. The monoisotopic (exact) mass is 340 g/mol. The van der Waals surface area contributed by atoms with Gasteiger partial charge in [0, 0.05) is 45.2 Å². The molecule has 24 heavy (non-hydrogen) atoms. The lowest BCUT2D eigenvalue weighted by Crippen LogP contribution is -2.46. The second-order valence-electron chi connectivity index (χ2n) is 6.78. The van der Waals surface area contributed by atoms with Gasteiger partial charge in [-0.2, -0.15) is 0 Å². The van der Waals surface area contributed by atoms with Crippen molar-refractivity contribution in [2.45, 2.75) is 45.3 Å². The molecule has 2 saturated heterocycles. The highest BCUT2D eigenvalue weighted by molar-refractivity contribution is 5.81. The van der Waals surface area contributed by atoms with Gasteiger partial charge in [-0.25, -0.2) is 0 Å². The second kappa shape index (κ2) is 9.84. The molecule has 2 fully saturated rings. The van der Waals surface area contributed by atoms with Crippen molar-refractivity contribution >= 4 is 11.9 Å². The van der Waals surface area contributed by atoms with Gasteiger partial charge < -0.3 is 25.0 Å². The molecule has 138 valence electrons. The zero-order valence-electron chi connectivity index (χ0n) is 15.2. The molecule has 0 aromatic heterocycles. The standard InChI is InChI=1S/C17H32N4O3/c1-13(2)16(22)21-8-6-14(11-21)20-17(18-3)19-7-10-23-12-15-5-4-9-24-15/h13-15H,4-12H2,1-3H3,(H2,18,19,20). The van der Waals surface area contributed by atoms with E-state index >= 15 is 0 Å². The fourth-order valence-electron chi connectivity index (χ4n) is 3.06. The predicted octanol–water partition coefficient (Wildman–Crippen LogP) is 0.604. The minimum absolute atomic E-state index is 0.0576. The highest BCUT2D eigenvalue weighted by Gasteiger charge is 2.27. The molecule has 2 aliphatic heterocycles. The summed E-state index contributed by atoms with van der Waals surface area (Å²) in [6.45, 7) is 8.31. The molecule has 0 aromatic rings. The summed E-state index contributed by atoms with van der Waals surface area (Å²) >= 11 is 0. The van der Waals surface area contributed by atoms with Gasteiger partial charge in [0.05, 0.1) is 19.3 Å². The van der Waals surface area contributed by atoms with E-state index < -0.39 is 0 Å². The molecule has 0 aromatic carbocycles. The van der Waals surface area contributed by atoms with E-state index in [-0.39, 0.29) is 24.0 Å². The maximum Gasteiger partial charge on any atom is 0.225 e. The van der Waals surface area contributed by atoms with Crippen LogP contribution in [-0.4, -0.2) is 75.4 Å². The van der Waals surface area contributed by atoms with E-state index in [0.29, 0.717) is 19.8 Å². The summed E-state index contributed by atoms with van der Waals surface area (Å²) in [5.41, 5.74) is 0.